The zero-order valence-electron chi connectivity index (χ0n) is 6.51. The third-order valence-corrected chi connectivity index (χ3v) is 3.25. The van der Waals surface area contributed by atoms with Crippen molar-refractivity contribution in [3.05, 3.63) is 0 Å². The van der Waals surface area contributed by atoms with E-state index in [9.17, 15) is 0 Å². The summed E-state index contributed by atoms with van der Waals surface area (Å²) in [4.78, 5) is 0. The number of hydrogen-bond acceptors (Lipinski definition) is 3. The number of rotatable bonds is 7. The summed E-state index contributed by atoms with van der Waals surface area (Å²) in [6.07, 6.45) is 4.78. The summed E-state index contributed by atoms with van der Waals surface area (Å²) >= 11 is 8.14. The average Bonchev–Trinajstić information content (AvgIpc) is 1.97. The van der Waals surface area contributed by atoms with Gasteiger partial charge >= 0.3 is 0 Å². The molecule has 0 aromatic heterocycles. The van der Waals surface area contributed by atoms with Crippen LogP contribution in [0.3, 0.4) is 0 Å². The second-order valence-corrected chi connectivity index (χ2v) is 4.69. The molecule has 0 unspecified atom stereocenters. The van der Waals surface area contributed by atoms with E-state index >= 15 is 0 Å². The molecule has 10 heavy (non-hydrogen) atoms. The lowest BCUT2D eigenvalue weighted by Gasteiger charge is -1.97. The van der Waals surface area contributed by atoms with E-state index in [1.54, 1.807) is 0 Å². The number of hydrogen-bond donors (Lipinski definition) is 1. The van der Waals surface area contributed by atoms with Gasteiger partial charge in [0.15, 0.2) is 0 Å². The van der Waals surface area contributed by atoms with Crippen molar-refractivity contribution in [2.24, 2.45) is 0 Å². The highest BCUT2D eigenvalue weighted by atomic mass is 32.2. The van der Waals surface area contributed by atoms with Crippen LogP contribution in [0.4, 0.5) is 0 Å². The molecule has 3 heteroatoms. The lowest BCUT2D eigenvalue weighted by Crippen LogP contribution is -1.86. The molecule has 0 aliphatic rings. The molecule has 62 valence electrons. The standard InChI is InChI=1S/C7H16S3/c1-9-5-3-7-10-6-2-4-8/h8H,2-7H2,1H3. The van der Waals surface area contributed by atoms with Gasteiger partial charge in [-0.3, -0.25) is 0 Å². The highest BCUT2D eigenvalue weighted by Crippen LogP contribution is 2.07. The zero-order valence-corrected chi connectivity index (χ0v) is 9.03. The third-order valence-electron chi connectivity index (χ3n) is 1.08. The maximum Gasteiger partial charge on any atom is -0.00597 e. The van der Waals surface area contributed by atoms with Gasteiger partial charge in [-0.15, -0.1) is 0 Å². The van der Waals surface area contributed by atoms with Crippen LogP contribution in [0.15, 0.2) is 0 Å². The van der Waals surface area contributed by atoms with Crippen molar-refractivity contribution in [3.8, 4) is 0 Å². The van der Waals surface area contributed by atoms with E-state index in [1.807, 2.05) is 11.8 Å². The summed E-state index contributed by atoms with van der Waals surface area (Å²) in [5, 5.41) is 0. The Labute approximate surface area is 78.3 Å². The predicted octanol–water partition coefficient (Wildman–Crippen LogP) is 2.79. The molecule has 0 saturated heterocycles. The molecule has 0 heterocycles. The van der Waals surface area contributed by atoms with Gasteiger partial charge in [-0.05, 0) is 42.1 Å². The van der Waals surface area contributed by atoms with Gasteiger partial charge < -0.3 is 0 Å². The molecule has 0 aliphatic heterocycles. The maximum absolute atomic E-state index is 4.15. The van der Waals surface area contributed by atoms with Crippen LogP contribution in [0.25, 0.3) is 0 Å². The van der Waals surface area contributed by atoms with Gasteiger partial charge in [0.25, 0.3) is 0 Å². The molecular weight excluding hydrogens is 180 g/mol. The molecule has 0 fully saturated rings. The fourth-order valence-corrected chi connectivity index (χ4v) is 2.46. The largest absolute Gasteiger partial charge is 0.179 e. The van der Waals surface area contributed by atoms with Crippen molar-refractivity contribution < 1.29 is 0 Å². The van der Waals surface area contributed by atoms with Crippen LogP contribution in [0.2, 0.25) is 0 Å². The Kier molecular flexibility index (Phi) is 11.1. The maximum atomic E-state index is 4.15. The second-order valence-electron chi connectivity index (χ2n) is 2.04. The van der Waals surface area contributed by atoms with Crippen LogP contribution >= 0.6 is 36.2 Å². The Morgan fingerprint density at radius 1 is 1.10 bits per heavy atom. The van der Waals surface area contributed by atoms with Crippen LogP contribution in [0.5, 0.6) is 0 Å². The molecule has 0 aromatic carbocycles. The molecule has 0 rings (SSSR count). The molecule has 0 nitrogen and oxygen atoms in total. The summed E-state index contributed by atoms with van der Waals surface area (Å²) in [6, 6.07) is 0. The van der Waals surface area contributed by atoms with Crippen LogP contribution in [0, 0.1) is 0 Å². The molecule has 0 aromatic rings. The monoisotopic (exact) mass is 196 g/mol. The second kappa shape index (κ2) is 10.0. The molecule has 0 atom stereocenters. The molecule has 0 amide bonds. The van der Waals surface area contributed by atoms with Gasteiger partial charge in [-0.2, -0.15) is 36.2 Å². The van der Waals surface area contributed by atoms with Crippen LogP contribution in [-0.4, -0.2) is 29.3 Å². The molecule has 0 bridgehead atoms. The Balaban J connectivity index is 2.65. The Bertz CT molecular complexity index is 48.8. The summed E-state index contributed by atoms with van der Waals surface area (Å²) in [5.74, 6) is 4.97. The lowest BCUT2D eigenvalue weighted by molar-refractivity contribution is 1.10. The minimum absolute atomic E-state index is 1.04. The van der Waals surface area contributed by atoms with Crippen LogP contribution in [0.1, 0.15) is 12.8 Å². The minimum atomic E-state index is 1.04. The average molecular weight is 196 g/mol. The predicted molar refractivity (Wildman–Crippen MR) is 58.8 cm³/mol. The van der Waals surface area contributed by atoms with Gasteiger partial charge in [0, 0.05) is 0 Å². The van der Waals surface area contributed by atoms with Gasteiger partial charge in [-0.25, -0.2) is 0 Å². The molecular formula is C7H16S3. The van der Waals surface area contributed by atoms with Crippen molar-refractivity contribution in [2.45, 2.75) is 12.8 Å². The van der Waals surface area contributed by atoms with E-state index in [2.05, 4.69) is 30.6 Å². The minimum Gasteiger partial charge on any atom is -0.179 e. The first-order chi connectivity index (χ1) is 4.91. The number of thioether (sulfide) groups is 2. The lowest BCUT2D eigenvalue weighted by atomic mass is 10.6. The Morgan fingerprint density at radius 3 is 2.40 bits per heavy atom. The van der Waals surface area contributed by atoms with E-state index in [0.717, 1.165) is 5.75 Å². The summed E-state index contributed by atoms with van der Waals surface area (Å²) < 4.78 is 0. The fraction of sp³-hybridized carbons (Fsp3) is 1.00. The van der Waals surface area contributed by atoms with Gasteiger partial charge in [0.2, 0.25) is 0 Å². The van der Waals surface area contributed by atoms with Crippen molar-refractivity contribution in [3.63, 3.8) is 0 Å². The quantitative estimate of drug-likeness (QED) is 0.491. The molecule has 0 spiro atoms. The Hall–Kier alpha value is 1.05. The van der Waals surface area contributed by atoms with Crippen molar-refractivity contribution in [1.82, 2.24) is 0 Å². The molecule has 0 N–H and O–H groups in total. The van der Waals surface area contributed by atoms with E-state index < -0.39 is 0 Å². The van der Waals surface area contributed by atoms with E-state index in [-0.39, 0.29) is 0 Å². The first kappa shape index (κ1) is 11.1. The highest BCUT2D eigenvalue weighted by molar-refractivity contribution is 7.99. The molecule has 0 radical (unpaired) electrons. The normalized spacial score (nSPS) is 10.2. The van der Waals surface area contributed by atoms with Gasteiger partial charge in [0.05, 0.1) is 0 Å². The van der Waals surface area contributed by atoms with Crippen molar-refractivity contribution in [2.75, 3.05) is 29.3 Å². The smallest absolute Gasteiger partial charge is 0.00597 e. The zero-order chi connectivity index (χ0) is 7.66. The van der Waals surface area contributed by atoms with Crippen LogP contribution < -0.4 is 0 Å². The third kappa shape index (κ3) is 9.05. The molecule has 0 saturated carbocycles. The Morgan fingerprint density at radius 2 is 1.80 bits per heavy atom. The van der Waals surface area contributed by atoms with Crippen molar-refractivity contribution >= 4 is 36.2 Å². The van der Waals surface area contributed by atoms with Gasteiger partial charge in [-0.1, -0.05) is 0 Å². The number of thiol groups is 1. The van der Waals surface area contributed by atoms with Crippen LogP contribution in [-0.2, 0) is 0 Å². The van der Waals surface area contributed by atoms with E-state index in [4.69, 9.17) is 0 Å². The fourth-order valence-electron chi connectivity index (χ4n) is 0.574. The molecule has 0 aliphatic carbocycles. The van der Waals surface area contributed by atoms with E-state index in [1.165, 1.54) is 30.1 Å². The first-order valence-corrected chi connectivity index (χ1v) is 6.77. The summed E-state index contributed by atoms with van der Waals surface area (Å²) in [7, 11) is 0. The first-order valence-electron chi connectivity index (χ1n) is 3.59. The summed E-state index contributed by atoms with van der Waals surface area (Å²) in [5.41, 5.74) is 0. The summed E-state index contributed by atoms with van der Waals surface area (Å²) in [6.45, 7) is 0. The highest BCUT2D eigenvalue weighted by Gasteiger charge is 1.87. The van der Waals surface area contributed by atoms with E-state index in [0.29, 0.717) is 0 Å². The van der Waals surface area contributed by atoms with Gasteiger partial charge in [0.1, 0.15) is 0 Å². The SMILES string of the molecule is CSCCCSCCCS. The van der Waals surface area contributed by atoms with Crippen molar-refractivity contribution in [1.29, 1.82) is 0 Å². The topological polar surface area (TPSA) is 0 Å².